The minimum Gasteiger partial charge on any atom is -0.397 e. The van der Waals surface area contributed by atoms with Crippen LogP contribution in [-0.4, -0.2) is 25.5 Å². The van der Waals surface area contributed by atoms with Crippen molar-refractivity contribution in [2.45, 2.75) is 39.3 Å². The number of rotatable bonds is 2. The summed E-state index contributed by atoms with van der Waals surface area (Å²) in [5.41, 5.74) is 16.2. The summed E-state index contributed by atoms with van der Waals surface area (Å²) in [6.07, 6.45) is 0. The Kier molecular flexibility index (Phi) is 4.14. The summed E-state index contributed by atoms with van der Waals surface area (Å²) in [4.78, 5) is 4.53. The van der Waals surface area contributed by atoms with Crippen molar-refractivity contribution in [3.63, 3.8) is 0 Å². The third kappa shape index (κ3) is 2.56. The van der Waals surface area contributed by atoms with Crippen molar-refractivity contribution in [1.82, 2.24) is 9.38 Å². The van der Waals surface area contributed by atoms with Crippen LogP contribution in [0.2, 0.25) is 39.3 Å². The second kappa shape index (κ2) is 6.21. The van der Waals surface area contributed by atoms with E-state index in [0.717, 1.165) is 21.3 Å². The van der Waals surface area contributed by atoms with Gasteiger partial charge in [0.25, 0.3) is 0 Å². The number of nitrogens with two attached hydrogens (primary N) is 2. The monoisotopic (exact) mass is 441 g/mol. The van der Waals surface area contributed by atoms with Gasteiger partial charge < -0.3 is 11.5 Å². The smallest absolute Gasteiger partial charge is 0.150 e. The van der Waals surface area contributed by atoms with E-state index in [-0.39, 0.29) is 11.4 Å². The summed E-state index contributed by atoms with van der Waals surface area (Å²) in [6.45, 7) is 13.0. The van der Waals surface area contributed by atoms with Crippen LogP contribution in [0.25, 0.3) is 27.5 Å². The molecule has 3 heterocycles. The molecule has 0 bridgehead atoms. The number of nitrogen functional groups attached to an aromatic ring is 2. The molecule has 4 aromatic rings. The Morgan fingerprint density at radius 1 is 0.839 bits per heavy atom. The lowest BCUT2D eigenvalue weighted by atomic mass is 10.1. The first-order chi connectivity index (χ1) is 14.4. The maximum Gasteiger partial charge on any atom is 0.150 e. The van der Waals surface area contributed by atoms with E-state index in [0.29, 0.717) is 33.4 Å². The fraction of sp³-hybridized carbons (Fsp3) is 0.273. The van der Waals surface area contributed by atoms with E-state index in [4.69, 9.17) is 11.5 Å². The van der Waals surface area contributed by atoms with Crippen molar-refractivity contribution >= 4 is 65.5 Å². The van der Waals surface area contributed by atoms with Gasteiger partial charge in [-0.1, -0.05) is 45.3 Å². The number of nitrogens with zero attached hydrogens (tertiary/aromatic N) is 5. The van der Waals surface area contributed by atoms with Gasteiger partial charge in [0.2, 0.25) is 0 Å². The van der Waals surface area contributed by atoms with Gasteiger partial charge in [0, 0.05) is 5.39 Å². The standard InChI is InChI=1S/C22H23N7Si2/c1-30(2,3)15-7-11-16(17(26)12(15)8-23)22-28-21(27)14(10-25)18-13(9-24)20(31(4,5)6)19(11)29(18)22/h7H,26H2,1-6H3,(H2,27,28). The summed E-state index contributed by atoms with van der Waals surface area (Å²) >= 11 is 0. The van der Waals surface area contributed by atoms with Gasteiger partial charge in [0.05, 0.1) is 49.4 Å². The summed E-state index contributed by atoms with van der Waals surface area (Å²) < 4.78 is 1.87. The number of benzene rings is 1. The average Bonchev–Trinajstić information content (AvgIpc) is 3.16. The molecule has 3 aromatic heterocycles. The molecule has 0 aliphatic heterocycles. The molecule has 0 fully saturated rings. The zero-order chi connectivity index (χ0) is 23.0. The first-order valence-corrected chi connectivity index (χ1v) is 16.9. The molecule has 9 heteroatoms. The normalized spacial score (nSPS) is 12.4. The number of anilines is 2. The average molecular weight is 442 g/mol. The highest BCUT2D eigenvalue weighted by atomic mass is 28.3. The predicted octanol–water partition coefficient (Wildman–Crippen LogP) is 2.95. The Hall–Kier alpha value is -3.59. The van der Waals surface area contributed by atoms with Gasteiger partial charge in [-0.05, 0) is 10.4 Å². The predicted molar refractivity (Wildman–Crippen MR) is 130 cm³/mol. The SMILES string of the molecule is C[Si](C)(C)c1cc2c(c(N)c1C#N)c1nc(N)c(C#N)c3c(C#N)c([Si](C)(C)C)c2n31. The van der Waals surface area contributed by atoms with Crippen LogP contribution >= 0.6 is 0 Å². The van der Waals surface area contributed by atoms with Crippen LogP contribution in [0.1, 0.15) is 16.7 Å². The maximum absolute atomic E-state index is 10.1. The first-order valence-electron chi connectivity index (χ1n) is 9.94. The Balaban J connectivity index is 2.49. The molecule has 0 saturated heterocycles. The molecule has 0 saturated carbocycles. The molecule has 0 radical (unpaired) electrons. The van der Waals surface area contributed by atoms with Gasteiger partial charge in [0.15, 0.2) is 0 Å². The molecule has 7 nitrogen and oxygen atoms in total. The molecular weight excluding hydrogens is 418 g/mol. The Bertz CT molecular complexity index is 1550. The molecule has 0 aliphatic rings. The van der Waals surface area contributed by atoms with Crippen LogP contribution in [0, 0.1) is 34.0 Å². The Morgan fingerprint density at radius 2 is 1.42 bits per heavy atom. The molecule has 0 atom stereocenters. The maximum atomic E-state index is 10.1. The lowest BCUT2D eigenvalue weighted by Gasteiger charge is -2.21. The molecule has 1 aromatic carbocycles. The van der Waals surface area contributed by atoms with E-state index in [1.165, 1.54) is 0 Å². The number of hydrogen-bond donors (Lipinski definition) is 2. The molecule has 154 valence electrons. The number of hydrogen-bond acceptors (Lipinski definition) is 6. The first kappa shape index (κ1) is 20.7. The molecular formula is C22H23N7Si2. The molecule has 31 heavy (non-hydrogen) atoms. The Labute approximate surface area is 182 Å². The van der Waals surface area contributed by atoms with E-state index in [9.17, 15) is 15.8 Å². The second-order valence-corrected chi connectivity index (χ2v) is 20.0. The van der Waals surface area contributed by atoms with E-state index in [1.807, 2.05) is 4.40 Å². The van der Waals surface area contributed by atoms with Gasteiger partial charge in [-0.2, -0.15) is 15.8 Å². The largest absolute Gasteiger partial charge is 0.397 e. The van der Waals surface area contributed by atoms with Crippen LogP contribution in [0.5, 0.6) is 0 Å². The summed E-state index contributed by atoms with van der Waals surface area (Å²) in [6, 6.07) is 8.85. The van der Waals surface area contributed by atoms with Crippen LogP contribution in [-0.2, 0) is 0 Å². The fourth-order valence-corrected chi connectivity index (χ4v) is 7.98. The van der Waals surface area contributed by atoms with Gasteiger partial charge in [0.1, 0.15) is 35.2 Å². The van der Waals surface area contributed by atoms with Crippen molar-refractivity contribution in [2.75, 3.05) is 11.5 Å². The highest BCUT2D eigenvalue weighted by molar-refractivity contribution is 6.91. The van der Waals surface area contributed by atoms with Gasteiger partial charge >= 0.3 is 0 Å². The van der Waals surface area contributed by atoms with E-state index >= 15 is 0 Å². The van der Waals surface area contributed by atoms with Crippen molar-refractivity contribution in [3.05, 3.63) is 22.8 Å². The van der Waals surface area contributed by atoms with E-state index in [2.05, 4.69) is 68.5 Å². The molecule has 0 aliphatic carbocycles. The highest BCUT2D eigenvalue weighted by Crippen LogP contribution is 2.39. The van der Waals surface area contributed by atoms with Crippen LogP contribution in [0.3, 0.4) is 0 Å². The van der Waals surface area contributed by atoms with Crippen molar-refractivity contribution in [3.8, 4) is 18.2 Å². The van der Waals surface area contributed by atoms with Crippen molar-refractivity contribution in [1.29, 1.82) is 15.8 Å². The molecule has 4 rings (SSSR count). The minimum absolute atomic E-state index is 0.0627. The van der Waals surface area contributed by atoms with Crippen LogP contribution in [0.4, 0.5) is 11.5 Å². The number of fused-ring (bicyclic) bond motifs is 3. The molecule has 0 unspecified atom stereocenters. The van der Waals surface area contributed by atoms with Gasteiger partial charge in [-0.15, -0.1) is 0 Å². The zero-order valence-electron chi connectivity index (χ0n) is 18.5. The van der Waals surface area contributed by atoms with E-state index < -0.39 is 16.1 Å². The van der Waals surface area contributed by atoms with Crippen molar-refractivity contribution < 1.29 is 0 Å². The Morgan fingerprint density at radius 3 is 1.90 bits per heavy atom. The highest BCUT2D eigenvalue weighted by Gasteiger charge is 2.35. The molecule has 0 amide bonds. The molecule has 4 N–H and O–H groups in total. The number of nitriles is 3. The summed E-state index contributed by atoms with van der Waals surface area (Å²) in [7, 11) is -3.97. The van der Waals surface area contributed by atoms with E-state index in [1.54, 1.807) is 0 Å². The van der Waals surface area contributed by atoms with Crippen molar-refractivity contribution in [2.24, 2.45) is 0 Å². The summed E-state index contributed by atoms with van der Waals surface area (Å²) in [5.74, 6) is 0.0627. The lowest BCUT2D eigenvalue weighted by Crippen LogP contribution is -2.40. The third-order valence-corrected chi connectivity index (χ3v) is 9.84. The van der Waals surface area contributed by atoms with Gasteiger partial charge in [-0.25, -0.2) is 4.98 Å². The van der Waals surface area contributed by atoms with Gasteiger partial charge in [-0.3, -0.25) is 4.40 Å². The lowest BCUT2D eigenvalue weighted by molar-refractivity contribution is 1.23. The quantitative estimate of drug-likeness (QED) is 0.362. The third-order valence-electron chi connectivity index (χ3n) is 5.84. The zero-order valence-corrected chi connectivity index (χ0v) is 20.5. The fourth-order valence-electron chi connectivity index (χ4n) is 4.58. The topological polar surface area (TPSA) is 141 Å². The minimum atomic E-state index is -2.05. The molecule has 0 spiro atoms. The number of aromatic nitrogens is 2. The van der Waals surface area contributed by atoms with Crippen LogP contribution < -0.4 is 21.8 Å². The summed E-state index contributed by atoms with van der Waals surface area (Å²) in [5, 5.41) is 33.3. The van der Waals surface area contributed by atoms with Crippen LogP contribution in [0.15, 0.2) is 6.07 Å². The second-order valence-electron chi connectivity index (χ2n) is 9.95.